The van der Waals surface area contributed by atoms with Gasteiger partial charge in [0.05, 0.1) is 21.3 Å². The Bertz CT molecular complexity index is 3200. The molecule has 0 unspecified atom stereocenters. The van der Waals surface area contributed by atoms with Crippen LogP contribution in [0.5, 0.6) is 0 Å². The zero-order valence-corrected chi connectivity index (χ0v) is 30.5. The lowest BCUT2D eigenvalue weighted by atomic mass is 9.99. The van der Waals surface area contributed by atoms with E-state index in [1.165, 1.54) is 38.2 Å². The number of hydrogen-bond donors (Lipinski definition) is 0. The van der Waals surface area contributed by atoms with Gasteiger partial charge in [0.25, 0.3) is 0 Å². The van der Waals surface area contributed by atoms with E-state index in [4.69, 9.17) is 9.40 Å². The maximum atomic E-state index is 6.64. The van der Waals surface area contributed by atoms with Crippen molar-refractivity contribution in [3.63, 3.8) is 0 Å². The van der Waals surface area contributed by atoms with Crippen LogP contribution in [0.1, 0.15) is 0 Å². The first-order chi connectivity index (χ1) is 27.2. The summed E-state index contributed by atoms with van der Waals surface area (Å²) in [7, 11) is 0. The molecule has 0 aliphatic rings. The Hall–Kier alpha value is -7.01. The van der Waals surface area contributed by atoms with Crippen LogP contribution in [-0.4, -0.2) is 4.98 Å². The normalized spacial score (nSPS) is 11.6. The van der Waals surface area contributed by atoms with Crippen molar-refractivity contribution in [3.8, 4) is 32.8 Å². The van der Waals surface area contributed by atoms with Crippen molar-refractivity contribution >= 4 is 82.1 Å². The highest BCUT2D eigenvalue weighted by atomic mass is 32.1. The molecule has 11 rings (SSSR count). The zero-order valence-electron chi connectivity index (χ0n) is 29.7. The van der Waals surface area contributed by atoms with Crippen molar-refractivity contribution in [3.05, 3.63) is 194 Å². The highest BCUT2D eigenvalue weighted by Gasteiger charge is 2.21. The molecule has 0 radical (unpaired) electrons. The predicted octanol–water partition coefficient (Wildman–Crippen LogP) is 15.0. The van der Waals surface area contributed by atoms with Crippen LogP contribution in [0.2, 0.25) is 0 Å². The van der Waals surface area contributed by atoms with E-state index in [0.29, 0.717) is 0 Å². The lowest BCUT2D eigenvalue weighted by Gasteiger charge is -2.27. The van der Waals surface area contributed by atoms with Crippen molar-refractivity contribution in [2.45, 2.75) is 0 Å². The van der Waals surface area contributed by atoms with Gasteiger partial charge in [0.1, 0.15) is 16.2 Å². The molecule has 55 heavy (non-hydrogen) atoms. The largest absolute Gasteiger partial charge is 0.456 e. The summed E-state index contributed by atoms with van der Waals surface area (Å²) >= 11 is 1.72. The highest BCUT2D eigenvalue weighted by Crippen LogP contribution is 2.46. The fourth-order valence-electron chi connectivity index (χ4n) is 8.00. The molecule has 4 heteroatoms. The molecule has 2 heterocycles. The van der Waals surface area contributed by atoms with Gasteiger partial charge in [-0.2, -0.15) is 0 Å². The molecule has 11 aromatic rings. The number of aromatic nitrogens is 1. The lowest BCUT2D eigenvalue weighted by Crippen LogP contribution is -2.10. The van der Waals surface area contributed by atoms with Crippen LogP contribution in [0.3, 0.4) is 0 Å². The Kier molecular flexibility index (Phi) is 7.35. The minimum atomic E-state index is 0.831. The van der Waals surface area contributed by atoms with Crippen molar-refractivity contribution in [2.24, 2.45) is 0 Å². The Labute approximate surface area is 322 Å². The number of hydrogen-bond acceptors (Lipinski definition) is 4. The molecule has 2 aromatic heterocycles. The Morgan fingerprint density at radius 3 is 1.91 bits per heavy atom. The molecule has 3 nitrogen and oxygen atoms in total. The third-order valence-corrected chi connectivity index (χ3v) is 11.7. The van der Waals surface area contributed by atoms with Crippen molar-refractivity contribution < 1.29 is 4.42 Å². The first-order valence-corrected chi connectivity index (χ1v) is 19.3. The van der Waals surface area contributed by atoms with E-state index in [1.54, 1.807) is 11.3 Å². The zero-order chi connectivity index (χ0) is 36.3. The first-order valence-electron chi connectivity index (χ1n) is 18.5. The SMILES string of the molecule is c1ccc(-c2ccc(-c3cccc(N(c4ccc5c(ccc6ccccc65)c4)c4cccc5oc6cc7nc(-c8ccccc8)sc7cc6c45)c3)cc2)cc1. The fourth-order valence-corrected chi connectivity index (χ4v) is 8.99. The van der Waals surface area contributed by atoms with Crippen LogP contribution in [0.25, 0.3) is 86.5 Å². The summed E-state index contributed by atoms with van der Waals surface area (Å²) in [5.41, 5.74) is 11.7. The van der Waals surface area contributed by atoms with E-state index in [0.717, 1.165) is 65.4 Å². The first kappa shape index (κ1) is 31.5. The summed E-state index contributed by atoms with van der Waals surface area (Å²) in [4.78, 5) is 7.40. The average molecular weight is 721 g/mol. The van der Waals surface area contributed by atoms with E-state index >= 15 is 0 Å². The van der Waals surface area contributed by atoms with Crippen LogP contribution in [0, 0.1) is 0 Å². The summed E-state index contributed by atoms with van der Waals surface area (Å²) in [6.07, 6.45) is 0. The molecule has 0 atom stereocenters. The van der Waals surface area contributed by atoms with Gasteiger partial charge in [-0.3, -0.25) is 0 Å². The summed E-state index contributed by atoms with van der Waals surface area (Å²) in [5.74, 6) is 0. The predicted molar refractivity (Wildman–Crippen MR) is 233 cm³/mol. The van der Waals surface area contributed by atoms with Gasteiger partial charge in [-0.25, -0.2) is 4.98 Å². The van der Waals surface area contributed by atoms with Crippen LogP contribution < -0.4 is 4.90 Å². The lowest BCUT2D eigenvalue weighted by molar-refractivity contribution is 0.669. The molecular weight excluding hydrogens is 689 g/mol. The maximum Gasteiger partial charge on any atom is 0.137 e. The summed E-state index contributed by atoms with van der Waals surface area (Å²) in [5, 5.41) is 8.08. The molecule has 0 aliphatic carbocycles. The second-order valence-corrected chi connectivity index (χ2v) is 15.0. The molecule has 0 aliphatic heterocycles. The molecule has 0 saturated heterocycles. The number of fused-ring (bicyclic) bond motifs is 7. The van der Waals surface area contributed by atoms with E-state index in [9.17, 15) is 0 Å². The molecule has 0 bridgehead atoms. The minimum Gasteiger partial charge on any atom is -0.456 e. The van der Waals surface area contributed by atoms with E-state index in [2.05, 4.69) is 193 Å². The van der Waals surface area contributed by atoms with Gasteiger partial charge in [-0.1, -0.05) is 146 Å². The van der Waals surface area contributed by atoms with Gasteiger partial charge in [-0.15, -0.1) is 11.3 Å². The fraction of sp³-hybridized carbons (Fsp3) is 0. The van der Waals surface area contributed by atoms with Crippen molar-refractivity contribution in [2.75, 3.05) is 4.90 Å². The number of furan rings is 1. The van der Waals surface area contributed by atoms with Crippen LogP contribution in [0.15, 0.2) is 199 Å². The highest BCUT2D eigenvalue weighted by molar-refractivity contribution is 7.21. The van der Waals surface area contributed by atoms with E-state index < -0.39 is 0 Å². The van der Waals surface area contributed by atoms with Gasteiger partial charge >= 0.3 is 0 Å². The van der Waals surface area contributed by atoms with Crippen molar-refractivity contribution in [1.82, 2.24) is 4.98 Å². The smallest absolute Gasteiger partial charge is 0.137 e. The van der Waals surface area contributed by atoms with Gasteiger partial charge in [-0.05, 0) is 86.3 Å². The van der Waals surface area contributed by atoms with Gasteiger partial charge < -0.3 is 9.32 Å². The van der Waals surface area contributed by atoms with Gasteiger partial charge in [0, 0.05) is 28.4 Å². The van der Waals surface area contributed by atoms with Crippen LogP contribution in [0.4, 0.5) is 17.1 Å². The third kappa shape index (κ3) is 5.46. The molecule has 0 fully saturated rings. The number of benzene rings is 9. The summed E-state index contributed by atoms with van der Waals surface area (Å²) in [6.45, 7) is 0. The quantitative estimate of drug-likeness (QED) is 0.160. The summed E-state index contributed by atoms with van der Waals surface area (Å²) < 4.78 is 7.77. The number of anilines is 3. The van der Waals surface area contributed by atoms with Gasteiger partial charge in [0.2, 0.25) is 0 Å². The second kappa shape index (κ2) is 12.8. The summed E-state index contributed by atoms with van der Waals surface area (Å²) in [6, 6.07) is 69.4. The molecule has 0 spiro atoms. The molecule has 0 N–H and O–H groups in total. The Balaban J connectivity index is 1.10. The Morgan fingerprint density at radius 1 is 0.418 bits per heavy atom. The number of rotatable bonds is 6. The maximum absolute atomic E-state index is 6.64. The standard InChI is InChI=1S/C51H32N2OS/c1-3-11-33(12-4-1)34-21-23-35(24-22-34)38-16-9-17-40(29-38)53(41-27-28-43-39(30-41)26-25-36-13-7-8-18-42(36)43)46-19-10-20-47-50(46)44-31-49-45(32-48(44)54-47)52-51(55-49)37-14-5-2-6-15-37/h1-32H. The van der Waals surface area contributed by atoms with Crippen LogP contribution >= 0.6 is 11.3 Å². The molecule has 0 amide bonds. The average Bonchev–Trinajstić information content (AvgIpc) is 3.84. The number of nitrogens with zero attached hydrogens (tertiary/aromatic N) is 2. The molecular formula is C51H32N2OS. The minimum absolute atomic E-state index is 0.831. The van der Waals surface area contributed by atoms with Crippen LogP contribution in [-0.2, 0) is 0 Å². The van der Waals surface area contributed by atoms with E-state index in [-0.39, 0.29) is 0 Å². The monoisotopic (exact) mass is 720 g/mol. The topological polar surface area (TPSA) is 29.3 Å². The second-order valence-electron chi connectivity index (χ2n) is 14.0. The van der Waals surface area contributed by atoms with E-state index in [1.807, 2.05) is 6.07 Å². The Morgan fingerprint density at radius 2 is 1.07 bits per heavy atom. The molecule has 9 aromatic carbocycles. The number of thiazole rings is 1. The third-order valence-electron chi connectivity index (χ3n) is 10.7. The van der Waals surface area contributed by atoms with Gasteiger partial charge in [0.15, 0.2) is 0 Å². The molecule has 258 valence electrons. The van der Waals surface area contributed by atoms with Crippen molar-refractivity contribution in [1.29, 1.82) is 0 Å². The molecule has 0 saturated carbocycles.